The highest BCUT2D eigenvalue weighted by Gasteiger charge is 2.31. The zero-order valence-electron chi connectivity index (χ0n) is 11.3. The van der Waals surface area contributed by atoms with Gasteiger partial charge in [-0.3, -0.25) is 0 Å². The lowest BCUT2D eigenvalue weighted by atomic mass is 10.2. The lowest BCUT2D eigenvalue weighted by Crippen LogP contribution is -2.21. The lowest BCUT2D eigenvalue weighted by molar-refractivity contribution is -0.274. The summed E-state index contributed by atoms with van der Waals surface area (Å²) in [7, 11) is 0. The second-order valence-corrected chi connectivity index (χ2v) is 4.40. The van der Waals surface area contributed by atoms with Crippen molar-refractivity contribution in [1.82, 2.24) is 15.2 Å². The highest BCUT2D eigenvalue weighted by atomic mass is 19.4. The molecule has 0 spiro atoms. The van der Waals surface area contributed by atoms with Crippen LogP contribution in [0.15, 0.2) is 48.5 Å². The number of rotatable bonds is 3. The minimum Gasteiger partial charge on any atom is -0.406 e. The molecule has 0 atom stereocenters. The molecule has 3 rings (SSSR count). The van der Waals surface area contributed by atoms with Crippen molar-refractivity contribution < 1.29 is 27.5 Å². The first kappa shape index (κ1) is 14.8. The summed E-state index contributed by atoms with van der Waals surface area (Å²) < 4.78 is 39.9. The smallest absolute Gasteiger partial charge is 0.406 e. The maximum absolute atomic E-state index is 12.1. The second kappa shape index (κ2) is 5.59. The summed E-state index contributed by atoms with van der Waals surface area (Å²) >= 11 is 0. The molecule has 9 heteroatoms. The van der Waals surface area contributed by atoms with Crippen molar-refractivity contribution in [1.29, 1.82) is 0 Å². The topological polar surface area (TPSA) is 66.2 Å². The van der Waals surface area contributed by atoms with Gasteiger partial charge in [0.25, 0.3) is 0 Å². The van der Waals surface area contributed by atoms with Crippen molar-refractivity contribution in [3.05, 3.63) is 54.1 Å². The van der Waals surface area contributed by atoms with Crippen molar-refractivity contribution in [3.8, 4) is 5.75 Å². The van der Waals surface area contributed by atoms with Gasteiger partial charge in [0, 0.05) is 0 Å². The average molecular weight is 323 g/mol. The molecule has 23 heavy (non-hydrogen) atoms. The van der Waals surface area contributed by atoms with Gasteiger partial charge in [-0.15, -0.1) is 18.3 Å². The van der Waals surface area contributed by atoms with Crippen LogP contribution in [0.25, 0.3) is 11.0 Å². The third kappa shape index (κ3) is 3.39. The van der Waals surface area contributed by atoms with E-state index in [9.17, 15) is 18.0 Å². The van der Waals surface area contributed by atoms with Crippen LogP contribution < -0.4 is 9.57 Å². The molecular weight excluding hydrogens is 315 g/mol. The maximum atomic E-state index is 12.1. The molecule has 0 aliphatic rings. The summed E-state index contributed by atoms with van der Waals surface area (Å²) in [4.78, 5) is 18.0. The molecule has 3 aromatic rings. The number of para-hydroxylation sites is 1. The van der Waals surface area contributed by atoms with Crippen molar-refractivity contribution in [3.63, 3.8) is 0 Å². The predicted octanol–water partition coefficient (Wildman–Crippen LogP) is 2.60. The van der Waals surface area contributed by atoms with Gasteiger partial charge in [0.15, 0.2) is 0 Å². The second-order valence-electron chi connectivity index (χ2n) is 4.40. The Kier molecular flexibility index (Phi) is 3.61. The summed E-state index contributed by atoms with van der Waals surface area (Å²) in [6.45, 7) is 0. The minimum atomic E-state index is -4.79. The Labute approximate surface area is 127 Å². The number of carbonyl (C=O) groups excluding carboxylic acids is 1. The molecule has 0 unspecified atom stereocenters. The maximum Gasteiger partial charge on any atom is 0.573 e. The number of carbonyl (C=O) groups is 1. The number of hydrogen-bond acceptors (Lipinski definition) is 5. The SMILES string of the molecule is O=C(On1nnc2ccccc21)c1ccc(OC(F)(F)F)cc1. The first-order chi connectivity index (χ1) is 10.9. The number of hydrogen-bond donors (Lipinski definition) is 0. The molecule has 0 aliphatic heterocycles. The molecule has 0 N–H and O–H groups in total. The van der Waals surface area contributed by atoms with Crippen LogP contribution in [0.3, 0.4) is 0 Å². The first-order valence-corrected chi connectivity index (χ1v) is 6.31. The predicted molar refractivity (Wildman–Crippen MR) is 71.6 cm³/mol. The van der Waals surface area contributed by atoms with Crippen LogP contribution in [0.1, 0.15) is 10.4 Å². The Morgan fingerprint density at radius 1 is 1.04 bits per heavy atom. The lowest BCUT2D eigenvalue weighted by Gasteiger charge is -2.09. The molecular formula is C14H8F3N3O3. The summed E-state index contributed by atoms with van der Waals surface area (Å²) in [5.74, 6) is -1.22. The Bertz CT molecular complexity index is 844. The van der Waals surface area contributed by atoms with Crippen LogP contribution in [0, 0.1) is 0 Å². The minimum absolute atomic E-state index is 0.0408. The van der Waals surface area contributed by atoms with Gasteiger partial charge in [-0.25, -0.2) is 4.79 Å². The fourth-order valence-corrected chi connectivity index (χ4v) is 1.84. The van der Waals surface area contributed by atoms with E-state index < -0.39 is 18.1 Å². The van der Waals surface area contributed by atoms with Gasteiger partial charge in [0.2, 0.25) is 0 Å². The van der Waals surface area contributed by atoms with Crippen LogP contribution in [0.5, 0.6) is 5.75 Å². The van der Waals surface area contributed by atoms with E-state index in [2.05, 4.69) is 15.0 Å². The van der Waals surface area contributed by atoms with E-state index in [1.165, 1.54) is 0 Å². The largest absolute Gasteiger partial charge is 0.573 e. The van der Waals surface area contributed by atoms with E-state index in [1.54, 1.807) is 24.3 Å². The average Bonchev–Trinajstić information content (AvgIpc) is 2.90. The molecule has 6 nitrogen and oxygen atoms in total. The highest BCUT2D eigenvalue weighted by Crippen LogP contribution is 2.22. The molecule has 0 amide bonds. The zero-order valence-corrected chi connectivity index (χ0v) is 11.3. The number of alkyl halides is 3. The molecule has 0 radical (unpaired) electrons. The van der Waals surface area contributed by atoms with Gasteiger partial charge in [0.05, 0.1) is 5.56 Å². The molecule has 118 valence electrons. The molecule has 0 saturated heterocycles. The third-order valence-corrected chi connectivity index (χ3v) is 2.81. The highest BCUT2D eigenvalue weighted by molar-refractivity contribution is 5.90. The van der Waals surface area contributed by atoms with E-state index in [1.807, 2.05) is 0 Å². The Morgan fingerprint density at radius 3 is 2.43 bits per heavy atom. The van der Waals surface area contributed by atoms with E-state index in [0.717, 1.165) is 29.1 Å². The fraction of sp³-hybridized carbons (Fsp3) is 0.0714. The number of fused-ring (bicyclic) bond motifs is 1. The van der Waals surface area contributed by atoms with Crippen molar-refractivity contribution in [2.75, 3.05) is 0 Å². The van der Waals surface area contributed by atoms with Gasteiger partial charge in [-0.1, -0.05) is 17.0 Å². The number of nitrogens with zero attached hydrogens (tertiary/aromatic N) is 3. The number of aromatic nitrogens is 3. The molecule has 2 aromatic carbocycles. The number of halogens is 3. The van der Waals surface area contributed by atoms with Gasteiger partial charge >= 0.3 is 12.3 Å². The summed E-state index contributed by atoms with van der Waals surface area (Å²) in [5, 5.41) is 7.49. The van der Waals surface area contributed by atoms with Crippen LogP contribution in [-0.2, 0) is 0 Å². The third-order valence-electron chi connectivity index (χ3n) is 2.81. The van der Waals surface area contributed by atoms with Crippen molar-refractivity contribution in [2.45, 2.75) is 6.36 Å². The summed E-state index contributed by atoms with van der Waals surface area (Å²) in [5.41, 5.74) is 1.06. The van der Waals surface area contributed by atoms with Gasteiger partial charge < -0.3 is 9.57 Å². The van der Waals surface area contributed by atoms with Gasteiger partial charge in [-0.2, -0.15) is 0 Å². The normalized spacial score (nSPS) is 11.4. The Hall–Kier alpha value is -3.10. The van der Waals surface area contributed by atoms with E-state index in [0.29, 0.717) is 11.0 Å². The molecule has 0 saturated carbocycles. The Morgan fingerprint density at radius 2 is 1.74 bits per heavy atom. The monoisotopic (exact) mass is 323 g/mol. The van der Waals surface area contributed by atoms with Crippen molar-refractivity contribution in [2.24, 2.45) is 0 Å². The fourth-order valence-electron chi connectivity index (χ4n) is 1.84. The molecule has 1 aromatic heterocycles. The number of ether oxygens (including phenoxy) is 1. The standard InChI is InChI=1S/C14H8F3N3O3/c15-14(16,17)22-10-7-5-9(6-8-10)13(21)23-20-12-4-2-1-3-11(12)18-19-20/h1-8H. The summed E-state index contributed by atoms with van der Waals surface area (Å²) in [6, 6.07) is 11.2. The zero-order chi connectivity index (χ0) is 16.4. The van der Waals surface area contributed by atoms with E-state index >= 15 is 0 Å². The molecule has 0 fully saturated rings. The van der Waals surface area contributed by atoms with Crippen LogP contribution in [-0.4, -0.2) is 27.5 Å². The van der Waals surface area contributed by atoms with E-state index in [-0.39, 0.29) is 5.56 Å². The molecule has 0 aliphatic carbocycles. The van der Waals surface area contributed by atoms with Crippen molar-refractivity contribution >= 4 is 17.0 Å². The molecule has 0 bridgehead atoms. The van der Waals surface area contributed by atoms with Gasteiger partial charge in [-0.05, 0) is 41.6 Å². The van der Waals surface area contributed by atoms with Crippen LogP contribution in [0.2, 0.25) is 0 Å². The van der Waals surface area contributed by atoms with E-state index in [4.69, 9.17) is 4.84 Å². The Balaban J connectivity index is 1.76. The number of benzene rings is 2. The molecule has 1 heterocycles. The van der Waals surface area contributed by atoms with Crippen LogP contribution >= 0.6 is 0 Å². The van der Waals surface area contributed by atoms with Gasteiger partial charge in [0.1, 0.15) is 16.8 Å². The quantitative estimate of drug-likeness (QED) is 0.693. The van der Waals surface area contributed by atoms with Crippen LogP contribution in [0.4, 0.5) is 13.2 Å². The first-order valence-electron chi connectivity index (χ1n) is 6.31. The summed E-state index contributed by atoms with van der Waals surface area (Å²) in [6.07, 6.45) is -4.79.